The first kappa shape index (κ1) is 14.0. The quantitative estimate of drug-likeness (QED) is 0.902. The topological polar surface area (TPSA) is 69.1 Å². The molecule has 1 amide bonds. The minimum absolute atomic E-state index is 0.249. The lowest BCUT2D eigenvalue weighted by Crippen LogP contribution is -2.50. The fraction of sp³-hybridized carbons (Fsp3) is 0.417. The highest BCUT2D eigenvalue weighted by Gasteiger charge is 2.41. The fourth-order valence-corrected chi connectivity index (χ4v) is 3.94. The molecule has 1 saturated carbocycles. The number of benzene rings is 1. The Bertz CT molecular complexity index is 483. The number of halogens is 2. The van der Waals surface area contributed by atoms with Crippen molar-refractivity contribution in [2.24, 2.45) is 11.5 Å². The summed E-state index contributed by atoms with van der Waals surface area (Å²) >= 11 is 13.7. The summed E-state index contributed by atoms with van der Waals surface area (Å²) in [6.07, 6.45) is 2.06. The highest BCUT2D eigenvalue weighted by molar-refractivity contribution is 8.00. The van der Waals surface area contributed by atoms with Gasteiger partial charge in [0.2, 0.25) is 5.91 Å². The number of nitrogens with two attached hydrogens (primary N) is 2. The van der Waals surface area contributed by atoms with Gasteiger partial charge in [-0.15, -0.1) is 11.8 Å². The Kier molecular flexibility index (Phi) is 4.11. The van der Waals surface area contributed by atoms with E-state index in [1.165, 1.54) is 0 Å². The van der Waals surface area contributed by atoms with Crippen LogP contribution in [0.15, 0.2) is 23.1 Å². The second kappa shape index (κ2) is 5.29. The zero-order chi connectivity index (χ0) is 13.3. The molecular formula is C12H14Cl2N2OS. The predicted octanol–water partition coefficient (Wildman–Crippen LogP) is 2.82. The van der Waals surface area contributed by atoms with Gasteiger partial charge in [-0.25, -0.2) is 0 Å². The number of rotatable bonds is 3. The summed E-state index contributed by atoms with van der Waals surface area (Å²) in [7, 11) is 0. The van der Waals surface area contributed by atoms with E-state index >= 15 is 0 Å². The molecule has 1 aromatic rings. The second-order valence-electron chi connectivity index (χ2n) is 4.58. The van der Waals surface area contributed by atoms with Crippen molar-refractivity contribution < 1.29 is 4.79 Å². The molecule has 18 heavy (non-hydrogen) atoms. The summed E-state index contributed by atoms with van der Waals surface area (Å²) in [6.45, 7) is 0. The van der Waals surface area contributed by atoms with Crippen molar-refractivity contribution in [1.29, 1.82) is 0 Å². The second-order valence-corrected chi connectivity index (χ2v) is 6.76. The van der Waals surface area contributed by atoms with E-state index in [0.717, 1.165) is 11.3 Å². The van der Waals surface area contributed by atoms with E-state index in [1.54, 1.807) is 23.9 Å². The maximum absolute atomic E-state index is 11.3. The molecule has 0 heterocycles. The van der Waals surface area contributed by atoms with E-state index < -0.39 is 11.4 Å². The van der Waals surface area contributed by atoms with Gasteiger partial charge < -0.3 is 11.5 Å². The van der Waals surface area contributed by atoms with Crippen molar-refractivity contribution in [2.75, 3.05) is 0 Å². The van der Waals surface area contributed by atoms with Gasteiger partial charge in [-0.05, 0) is 37.5 Å². The number of carbonyl (C=O) groups is 1. The minimum Gasteiger partial charge on any atom is -0.368 e. The van der Waals surface area contributed by atoms with E-state index in [-0.39, 0.29) is 5.25 Å². The van der Waals surface area contributed by atoms with Gasteiger partial charge in [0.05, 0.1) is 10.6 Å². The average molecular weight is 305 g/mol. The van der Waals surface area contributed by atoms with Crippen LogP contribution in [-0.4, -0.2) is 16.7 Å². The molecule has 0 radical (unpaired) electrons. The fourth-order valence-electron chi connectivity index (χ4n) is 2.10. The largest absolute Gasteiger partial charge is 0.368 e. The normalized spacial score (nSPS) is 27.4. The number of amides is 1. The predicted molar refractivity (Wildman–Crippen MR) is 76.1 cm³/mol. The molecule has 1 aliphatic carbocycles. The van der Waals surface area contributed by atoms with Crippen LogP contribution in [0.2, 0.25) is 10.0 Å². The molecule has 0 bridgehead atoms. The number of carbonyl (C=O) groups excluding carboxylic acids is 1. The molecule has 4 N–H and O–H groups in total. The number of hydrogen-bond donors (Lipinski definition) is 2. The Morgan fingerprint density at radius 3 is 2.78 bits per heavy atom. The average Bonchev–Trinajstić information content (AvgIpc) is 2.67. The molecular weight excluding hydrogens is 291 g/mol. The van der Waals surface area contributed by atoms with Crippen molar-refractivity contribution in [2.45, 2.75) is 34.9 Å². The van der Waals surface area contributed by atoms with E-state index in [1.807, 2.05) is 6.07 Å². The van der Waals surface area contributed by atoms with Crippen molar-refractivity contribution in [1.82, 2.24) is 0 Å². The molecule has 2 rings (SSSR count). The lowest BCUT2D eigenvalue weighted by molar-refractivity contribution is -0.122. The van der Waals surface area contributed by atoms with Crippen LogP contribution >= 0.6 is 35.0 Å². The lowest BCUT2D eigenvalue weighted by atomic mass is 9.99. The number of primary amides is 1. The van der Waals surface area contributed by atoms with Crippen LogP contribution in [-0.2, 0) is 4.79 Å². The highest BCUT2D eigenvalue weighted by atomic mass is 35.5. The first-order valence-electron chi connectivity index (χ1n) is 5.61. The van der Waals surface area contributed by atoms with Gasteiger partial charge in [-0.2, -0.15) is 0 Å². The summed E-state index contributed by atoms with van der Waals surface area (Å²) in [6, 6.07) is 5.35. The van der Waals surface area contributed by atoms with Gasteiger partial charge in [0, 0.05) is 15.2 Å². The Hall–Kier alpha value is -0.420. The lowest BCUT2D eigenvalue weighted by Gasteiger charge is -2.19. The zero-order valence-corrected chi connectivity index (χ0v) is 12.0. The standard InChI is InChI=1S/C12H14Cl2N2OS/c13-7-1-2-9(14)10(5-7)18-8-3-4-12(16,6-8)11(15)17/h1-2,5,8H,3-4,6,16H2,(H2,15,17). The third-order valence-corrected chi connectivity index (χ3v) is 5.19. The van der Waals surface area contributed by atoms with E-state index in [4.69, 9.17) is 34.7 Å². The van der Waals surface area contributed by atoms with Crippen LogP contribution in [0.5, 0.6) is 0 Å². The Labute approximate surface area is 120 Å². The maximum atomic E-state index is 11.3. The van der Waals surface area contributed by atoms with Crippen molar-refractivity contribution in [3.05, 3.63) is 28.2 Å². The minimum atomic E-state index is -0.872. The van der Waals surface area contributed by atoms with Crippen LogP contribution in [0.1, 0.15) is 19.3 Å². The van der Waals surface area contributed by atoms with Crippen molar-refractivity contribution in [3.8, 4) is 0 Å². The summed E-state index contributed by atoms with van der Waals surface area (Å²) in [5, 5.41) is 1.56. The van der Waals surface area contributed by atoms with E-state index in [2.05, 4.69) is 0 Å². The van der Waals surface area contributed by atoms with E-state index in [9.17, 15) is 4.79 Å². The summed E-state index contributed by atoms with van der Waals surface area (Å²) in [5.74, 6) is -0.428. The summed E-state index contributed by atoms with van der Waals surface area (Å²) in [4.78, 5) is 12.2. The molecule has 2 atom stereocenters. The molecule has 0 spiro atoms. The molecule has 0 aliphatic heterocycles. The first-order chi connectivity index (χ1) is 8.40. The van der Waals surface area contributed by atoms with Crippen molar-refractivity contribution in [3.63, 3.8) is 0 Å². The Morgan fingerprint density at radius 2 is 2.17 bits per heavy atom. The molecule has 98 valence electrons. The van der Waals surface area contributed by atoms with Gasteiger partial charge in [-0.1, -0.05) is 23.2 Å². The van der Waals surface area contributed by atoms with Gasteiger partial charge in [-0.3, -0.25) is 4.79 Å². The third kappa shape index (κ3) is 2.94. The van der Waals surface area contributed by atoms with Crippen LogP contribution < -0.4 is 11.5 Å². The van der Waals surface area contributed by atoms with Gasteiger partial charge in [0.1, 0.15) is 0 Å². The number of hydrogen-bond acceptors (Lipinski definition) is 3. The highest BCUT2D eigenvalue weighted by Crippen LogP contribution is 2.41. The Balaban J connectivity index is 2.08. The third-order valence-electron chi connectivity index (χ3n) is 3.18. The first-order valence-corrected chi connectivity index (χ1v) is 7.25. The molecule has 2 unspecified atom stereocenters. The van der Waals surface area contributed by atoms with Crippen LogP contribution in [0.25, 0.3) is 0 Å². The van der Waals surface area contributed by atoms with Gasteiger partial charge >= 0.3 is 0 Å². The molecule has 1 fully saturated rings. The van der Waals surface area contributed by atoms with Crippen LogP contribution in [0, 0.1) is 0 Å². The van der Waals surface area contributed by atoms with Gasteiger partial charge in [0.25, 0.3) is 0 Å². The van der Waals surface area contributed by atoms with E-state index in [0.29, 0.717) is 22.9 Å². The molecule has 1 aromatic carbocycles. The molecule has 1 aliphatic rings. The maximum Gasteiger partial charge on any atom is 0.237 e. The van der Waals surface area contributed by atoms with Crippen LogP contribution in [0.4, 0.5) is 0 Å². The summed E-state index contributed by atoms with van der Waals surface area (Å²) in [5.41, 5.74) is 10.4. The monoisotopic (exact) mass is 304 g/mol. The molecule has 6 heteroatoms. The molecule has 0 aromatic heterocycles. The zero-order valence-electron chi connectivity index (χ0n) is 9.66. The van der Waals surface area contributed by atoms with Crippen molar-refractivity contribution >= 4 is 40.9 Å². The number of thioether (sulfide) groups is 1. The Morgan fingerprint density at radius 1 is 1.44 bits per heavy atom. The summed E-state index contributed by atoms with van der Waals surface area (Å²) < 4.78 is 0. The van der Waals surface area contributed by atoms with Gasteiger partial charge in [0.15, 0.2) is 0 Å². The van der Waals surface area contributed by atoms with Crippen LogP contribution in [0.3, 0.4) is 0 Å². The SMILES string of the molecule is NC(=O)C1(N)CCC(Sc2cc(Cl)ccc2Cl)C1. The molecule has 3 nitrogen and oxygen atoms in total. The molecule has 0 saturated heterocycles. The smallest absolute Gasteiger partial charge is 0.237 e.